The summed E-state index contributed by atoms with van der Waals surface area (Å²) in [5.74, 6) is -0.125. The van der Waals surface area contributed by atoms with Gasteiger partial charge in [-0.2, -0.15) is 0 Å². The Bertz CT molecular complexity index is 781. The first-order valence-corrected chi connectivity index (χ1v) is 11.4. The zero-order valence-electron chi connectivity index (χ0n) is 18.3. The molecule has 2 aliphatic rings. The molecule has 4 rings (SSSR count). The molecule has 0 radical (unpaired) electrons. The first kappa shape index (κ1) is 21.3. The molecule has 0 aromatic heterocycles. The maximum absolute atomic E-state index is 14.1. The maximum Gasteiger partial charge on any atom is 0.125 e. The molecule has 4 nitrogen and oxygen atoms in total. The molecular formula is C25H35FN4. The predicted molar refractivity (Wildman–Crippen MR) is 123 cm³/mol. The molecule has 5 heteroatoms. The molecular weight excluding hydrogens is 375 g/mol. The van der Waals surface area contributed by atoms with Crippen LogP contribution in [-0.4, -0.2) is 80.7 Å². The van der Waals surface area contributed by atoms with Crippen molar-refractivity contribution in [2.24, 2.45) is 0 Å². The summed E-state index contributed by atoms with van der Waals surface area (Å²) >= 11 is 0. The molecule has 0 bridgehead atoms. The van der Waals surface area contributed by atoms with Gasteiger partial charge in [-0.15, -0.1) is 0 Å². The van der Waals surface area contributed by atoms with Crippen molar-refractivity contribution >= 4 is 5.69 Å². The third kappa shape index (κ3) is 5.81. The normalized spacial score (nSPS) is 19.3. The van der Waals surface area contributed by atoms with Crippen LogP contribution in [0.3, 0.4) is 0 Å². The third-order valence-electron chi connectivity index (χ3n) is 6.53. The molecule has 0 atom stereocenters. The zero-order valence-corrected chi connectivity index (χ0v) is 18.3. The lowest BCUT2D eigenvalue weighted by Crippen LogP contribution is -2.46. The molecule has 0 amide bonds. The number of hydrogen-bond donors (Lipinski definition) is 0. The molecule has 2 aromatic carbocycles. The van der Waals surface area contributed by atoms with Crippen molar-refractivity contribution in [2.75, 3.05) is 70.9 Å². The number of halogens is 1. The summed E-state index contributed by atoms with van der Waals surface area (Å²) in [6, 6.07) is 16.0. The van der Waals surface area contributed by atoms with Crippen LogP contribution in [0.2, 0.25) is 0 Å². The van der Waals surface area contributed by atoms with E-state index >= 15 is 0 Å². The minimum atomic E-state index is -0.125. The number of hydrogen-bond acceptors (Lipinski definition) is 4. The van der Waals surface area contributed by atoms with Crippen molar-refractivity contribution in [3.05, 3.63) is 65.5 Å². The second kappa shape index (κ2) is 10.4. The van der Waals surface area contributed by atoms with Gasteiger partial charge in [-0.05, 0) is 49.7 Å². The second-order valence-electron chi connectivity index (χ2n) is 8.77. The lowest BCUT2D eigenvalue weighted by Gasteiger charge is -2.37. The molecule has 2 heterocycles. The fraction of sp³-hybridized carbons (Fsp3) is 0.520. The van der Waals surface area contributed by atoms with Crippen LogP contribution in [0.15, 0.2) is 48.5 Å². The highest BCUT2D eigenvalue weighted by molar-refractivity contribution is 5.54. The van der Waals surface area contributed by atoms with Crippen LogP contribution in [-0.2, 0) is 13.0 Å². The first-order valence-electron chi connectivity index (χ1n) is 11.4. The van der Waals surface area contributed by atoms with E-state index in [1.54, 1.807) is 12.1 Å². The Balaban J connectivity index is 1.31. The van der Waals surface area contributed by atoms with Crippen molar-refractivity contribution < 1.29 is 4.39 Å². The highest BCUT2D eigenvalue weighted by Crippen LogP contribution is 2.25. The quantitative estimate of drug-likeness (QED) is 0.694. The van der Waals surface area contributed by atoms with Gasteiger partial charge in [0.1, 0.15) is 5.82 Å². The third-order valence-corrected chi connectivity index (χ3v) is 6.53. The van der Waals surface area contributed by atoms with Crippen molar-refractivity contribution in [3.63, 3.8) is 0 Å². The number of likely N-dealkylation sites (N-methyl/N-ethyl adjacent to an activating group) is 1. The number of aryl methyl sites for hydroxylation is 1. The molecule has 2 saturated heterocycles. The van der Waals surface area contributed by atoms with Crippen LogP contribution in [0.25, 0.3) is 0 Å². The van der Waals surface area contributed by atoms with Gasteiger partial charge in [-0.3, -0.25) is 4.90 Å². The summed E-state index contributed by atoms with van der Waals surface area (Å²) < 4.78 is 14.1. The van der Waals surface area contributed by atoms with Crippen molar-refractivity contribution in [2.45, 2.75) is 19.4 Å². The monoisotopic (exact) mass is 410 g/mol. The van der Waals surface area contributed by atoms with Crippen molar-refractivity contribution in [1.29, 1.82) is 0 Å². The number of anilines is 1. The first-order chi connectivity index (χ1) is 14.7. The average Bonchev–Trinajstić information content (AvgIpc) is 2.77. The van der Waals surface area contributed by atoms with Crippen LogP contribution >= 0.6 is 0 Å². The van der Waals surface area contributed by atoms with Gasteiger partial charge in [0.15, 0.2) is 0 Å². The Morgan fingerprint density at radius 3 is 2.23 bits per heavy atom. The highest BCUT2D eigenvalue weighted by atomic mass is 19.1. The van der Waals surface area contributed by atoms with E-state index in [9.17, 15) is 4.39 Å². The smallest absolute Gasteiger partial charge is 0.125 e. The van der Waals surface area contributed by atoms with Gasteiger partial charge < -0.3 is 14.7 Å². The number of nitrogens with zero attached hydrogens (tertiary/aromatic N) is 4. The summed E-state index contributed by atoms with van der Waals surface area (Å²) in [6.07, 6.45) is 2.16. The molecule has 0 aliphatic carbocycles. The standard InChI is InChI=1S/C25H35FN4/c1-27-12-14-28(15-13-27)11-5-8-23-9-10-24(26)20-25(23)30-18-16-29(17-19-30)21-22-6-3-2-4-7-22/h2-4,6-7,9-10,20H,5,8,11-19,21H2,1H3. The minimum Gasteiger partial charge on any atom is -0.369 e. The molecule has 0 spiro atoms. The Kier molecular flexibility index (Phi) is 7.37. The summed E-state index contributed by atoms with van der Waals surface area (Å²) in [6.45, 7) is 10.7. The topological polar surface area (TPSA) is 13.0 Å². The fourth-order valence-corrected chi connectivity index (χ4v) is 4.60. The van der Waals surface area contributed by atoms with Crippen molar-refractivity contribution in [3.8, 4) is 0 Å². The van der Waals surface area contributed by atoms with Crippen LogP contribution in [0.4, 0.5) is 10.1 Å². The summed E-state index contributed by atoms with van der Waals surface area (Å²) in [4.78, 5) is 9.84. The molecule has 2 aromatic rings. The molecule has 0 saturated carbocycles. The molecule has 2 fully saturated rings. The van der Waals surface area contributed by atoms with Crippen molar-refractivity contribution in [1.82, 2.24) is 14.7 Å². The Morgan fingerprint density at radius 1 is 0.800 bits per heavy atom. The van der Waals surface area contributed by atoms with Crippen LogP contribution in [0.1, 0.15) is 17.5 Å². The van der Waals surface area contributed by atoms with Gasteiger partial charge in [0.2, 0.25) is 0 Å². The Labute approximate surface area is 180 Å². The molecule has 0 N–H and O–H groups in total. The fourth-order valence-electron chi connectivity index (χ4n) is 4.60. The number of piperazine rings is 2. The van der Waals surface area contributed by atoms with Gasteiger partial charge in [0, 0.05) is 64.6 Å². The SMILES string of the molecule is CN1CCN(CCCc2ccc(F)cc2N2CCN(Cc3ccccc3)CC2)CC1. The molecule has 2 aliphatic heterocycles. The van der Waals surface area contributed by atoms with E-state index in [1.807, 2.05) is 6.07 Å². The van der Waals surface area contributed by atoms with Crippen LogP contribution in [0.5, 0.6) is 0 Å². The zero-order chi connectivity index (χ0) is 20.8. The van der Waals surface area contributed by atoms with Crippen LogP contribution < -0.4 is 4.90 Å². The van der Waals surface area contributed by atoms with Gasteiger partial charge in [-0.25, -0.2) is 4.39 Å². The second-order valence-corrected chi connectivity index (χ2v) is 8.77. The lowest BCUT2D eigenvalue weighted by atomic mass is 10.0. The highest BCUT2D eigenvalue weighted by Gasteiger charge is 2.20. The van der Waals surface area contributed by atoms with Gasteiger partial charge >= 0.3 is 0 Å². The van der Waals surface area contributed by atoms with Gasteiger partial charge in [0.25, 0.3) is 0 Å². The predicted octanol–water partition coefficient (Wildman–Crippen LogP) is 3.33. The van der Waals surface area contributed by atoms with Crippen LogP contribution in [0, 0.1) is 5.82 Å². The molecule has 30 heavy (non-hydrogen) atoms. The van der Waals surface area contributed by atoms with E-state index in [4.69, 9.17) is 0 Å². The molecule has 162 valence electrons. The van der Waals surface area contributed by atoms with E-state index in [0.717, 1.165) is 84.0 Å². The summed E-state index contributed by atoms with van der Waals surface area (Å²) in [5.41, 5.74) is 3.76. The number of rotatable bonds is 7. The van der Waals surface area contributed by atoms with Gasteiger partial charge in [0.05, 0.1) is 0 Å². The average molecular weight is 411 g/mol. The van der Waals surface area contributed by atoms with Gasteiger partial charge in [-0.1, -0.05) is 36.4 Å². The Morgan fingerprint density at radius 2 is 1.50 bits per heavy atom. The number of benzene rings is 2. The van der Waals surface area contributed by atoms with E-state index in [0.29, 0.717) is 0 Å². The minimum absolute atomic E-state index is 0.125. The van der Waals surface area contributed by atoms with E-state index < -0.39 is 0 Å². The summed E-state index contributed by atoms with van der Waals surface area (Å²) in [5, 5.41) is 0. The van der Waals surface area contributed by atoms with E-state index in [2.05, 4.69) is 57.0 Å². The largest absolute Gasteiger partial charge is 0.369 e. The van der Waals surface area contributed by atoms with E-state index in [1.165, 1.54) is 11.1 Å². The van der Waals surface area contributed by atoms with E-state index in [-0.39, 0.29) is 5.82 Å². The Hall–Kier alpha value is -1.95. The lowest BCUT2D eigenvalue weighted by molar-refractivity contribution is 0.153. The summed E-state index contributed by atoms with van der Waals surface area (Å²) in [7, 11) is 2.20. The maximum atomic E-state index is 14.1. The molecule has 0 unspecified atom stereocenters.